The van der Waals surface area contributed by atoms with Gasteiger partial charge in [0.1, 0.15) is 18.0 Å². The Morgan fingerprint density at radius 2 is 1.74 bits per heavy atom. The average Bonchev–Trinajstić information content (AvgIpc) is 2.47. The SMILES string of the molecule is N#Cc1ccc(Nc2ccnc(NN)c2)cc1C#N. The molecule has 0 spiro atoms. The van der Waals surface area contributed by atoms with Crippen LogP contribution in [0.3, 0.4) is 0 Å². The van der Waals surface area contributed by atoms with Crippen molar-refractivity contribution < 1.29 is 0 Å². The number of nitrogens with one attached hydrogen (secondary N) is 2. The van der Waals surface area contributed by atoms with Crippen molar-refractivity contribution in [2.45, 2.75) is 0 Å². The second kappa shape index (κ2) is 5.50. The number of hydrazine groups is 1. The molecule has 0 saturated carbocycles. The van der Waals surface area contributed by atoms with E-state index in [1.54, 1.807) is 36.5 Å². The highest BCUT2D eigenvalue weighted by atomic mass is 15.2. The molecule has 2 rings (SSSR count). The van der Waals surface area contributed by atoms with E-state index in [1.807, 2.05) is 12.1 Å². The number of nitriles is 2. The van der Waals surface area contributed by atoms with Crippen LogP contribution >= 0.6 is 0 Å². The quantitative estimate of drug-likeness (QED) is 0.566. The van der Waals surface area contributed by atoms with E-state index in [4.69, 9.17) is 16.4 Å². The summed E-state index contributed by atoms with van der Waals surface area (Å²) >= 11 is 0. The van der Waals surface area contributed by atoms with Crippen molar-refractivity contribution in [3.63, 3.8) is 0 Å². The van der Waals surface area contributed by atoms with Gasteiger partial charge in [0.25, 0.3) is 0 Å². The molecule has 1 aromatic carbocycles. The number of rotatable bonds is 3. The van der Waals surface area contributed by atoms with Crippen molar-refractivity contribution in [2.75, 3.05) is 10.7 Å². The van der Waals surface area contributed by atoms with Crippen molar-refractivity contribution in [3.05, 3.63) is 47.7 Å². The summed E-state index contributed by atoms with van der Waals surface area (Å²) in [4.78, 5) is 3.99. The molecular weight excluding hydrogens is 240 g/mol. The van der Waals surface area contributed by atoms with E-state index < -0.39 is 0 Å². The highest BCUT2D eigenvalue weighted by Gasteiger charge is 2.03. The third-order valence-electron chi connectivity index (χ3n) is 2.46. The summed E-state index contributed by atoms with van der Waals surface area (Å²) in [5.41, 5.74) is 4.62. The fourth-order valence-electron chi connectivity index (χ4n) is 1.57. The molecule has 1 heterocycles. The summed E-state index contributed by atoms with van der Waals surface area (Å²) < 4.78 is 0. The standard InChI is InChI=1S/C13H10N6/c14-7-9-1-2-11(5-10(9)8-15)18-12-3-4-17-13(6-12)19-16/h1-6H,16H2,(H2,17,18,19). The van der Waals surface area contributed by atoms with Crippen LogP contribution in [0.5, 0.6) is 0 Å². The second-order valence-electron chi connectivity index (χ2n) is 3.68. The fraction of sp³-hybridized carbons (Fsp3) is 0. The maximum Gasteiger partial charge on any atom is 0.141 e. The number of nitrogen functional groups attached to an aromatic ring is 1. The number of nitrogens with two attached hydrogens (primary N) is 1. The van der Waals surface area contributed by atoms with Crippen LogP contribution in [0.4, 0.5) is 17.2 Å². The molecule has 0 fully saturated rings. The van der Waals surface area contributed by atoms with Crippen LogP contribution in [0.1, 0.15) is 11.1 Å². The second-order valence-corrected chi connectivity index (χ2v) is 3.68. The molecule has 19 heavy (non-hydrogen) atoms. The lowest BCUT2D eigenvalue weighted by Crippen LogP contribution is -2.08. The predicted octanol–water partition coefficient (Wildman–Crippen LogP) is 1.85. The van der Waals surface area contributed by atoms with E-state index in [1.165, 1.54) is 0 Å². The first-order valence-electron chi connectivity index (χ1n) is 5.41. The molecule has 0 amide bonds. The molecule has 0 saturated heterocycles. The lowest BCUT2D eigenvalue weighted by molar-refractivity contribution is 1.23. The van der Waals surface area contributed by atoms with E-state index in [2.05, 4.69) is 15.7 Å². The minimum atomic E-state index is 0.332. The number of benzene rings is 1. The van der Waals surface area contributed by atoms with Gasteiger partial charge < -0.3 is 10.7 Å². The molecule has 0 radical (unpaired) electrons. The first-order valence-corrected chi connectivity index (χ1v) is 5.41. The molecule has 1 aromatic heterocycles. The van der Waals surface area contributed by atoms with Crippen LogP contribution in [-0.4, -0.2) is 4.98 Å². The number of nitrogens with zero attached hydrogens (tertiary/aromatic N) is 3. The first-order chi connectivity index (χ1) is 9.26. The monoisotopic (exact) mass is 250 g/mol. The van der Waals surface area contributed by atoms with Crippen molar-refractivity contribution in [2.24, 2.45) is 5.84 Å². The van der Waals surface area contributed by atoms with Gasteiger partial charge in [-0.2, -0.15) is 10.5 Å². The van der Waals surface area contributed by atoms with Crippen LogP contribution in [0.25, 0.3) is 0 Å². The molecule has 0 aliphatic rings. The van der Waals surface area contributed by atoms with E-state index >= 15 is 0 Å². The van der Waals surface area contributed by atoms with Gasteiger partial charge in [0.05, 0.1) is 11.1 Å². The maximum atomic E-state index is 8.96. The lowest BCUT2D eigenvalue weighted by Gasteiger charge is -2.08. The van der Waals surface area contributed by atoms with Gasteiger partial charge in [0.2, 0.25) is 0 Å². The molecule has 0 bridgehead atoms. The molecule has 92 valence electrons. The molecule has 0 aliphatic carbocycles. The van der Waals surface area contributed by atoms with Crippen LogP contribution in [0.2, 0.25) is 0 Å². The maximum absolute atomic E-state index is 8.96. The summed E-state index contributed by atoms with van der Waals surface area (Å²) in [6.45, 7) is 0. The Morgan fingerprint density at radius 1 is 1.00 bits per heavy atom. The summed E-state index contributed by atoms with van der Waals surface area (Å²) in [5.74, 6) is 5.80. The molecule has 2 aromatic rings. The van der Waals surface area contributed by atoms with Gasteiger partial charge in [-0.3, -0.25) is 0 Å². The molecule has 0 atom stereocenters. The average molecular weight is 250 g/mol. The summed E-state index contributed by atoms with van der Waals surface area (Å²) in [6.07, 6.45) is 1.60. The Labute approximate surface area is 110 Å². The van der Waals surface area contributed by atoms with Gasteiger partial charge in [-0.1, -0.05) is 0 Å². The van der Waals surface area contributed by atoms with E-state index in [0.717, 1.165) is 5.69 Å². The number of pyridine rings is 1. The smallest absolute Gasteiger partial charge is 0.141 e. The van der Waals surface area contributed by atoms with Crippen molar-refractivity contribution >= 4 is 17.2 Å². The van der Waals surface area contributed by atoms with Crippen LogP contribution in [0.15, 0.2) is 36.5 Å². The topological polar surface area (TPSA) is 111 Å². The van der Waals surface area contributed by atoms with Gasteiger partial charge in [0.15, 0.2) is 0 Å². The summed E-state index contributed by atoms with van der Waals surface area (Å²) in [7, 11) is 0. The lowest BCUT2D eigenvalue weighted by atomic mass is 10.1. The molecule has 6 nitrogen and oxygen atoms in total. The number of hydrogen-bond donors (Lipinski definition) is 3. The predicted molar refractivity (Wildman–Crippen MR) is 71.2 cm³/mol. The number of anilines is 3. The highest BCUT2D eigenvalue weighted by molar-refractivity contribution is 5.65. The van der Waals surface area contributed by atoms with Crippen molar-refractivity contribution in [1.82, 2.24) is 4.98 Å². The van der Waals surface area contributed by atoms with Gasteiger partial charge in [-0.15, -0.1) is 0 Å². The molecule has 0 unspecified atom stereocenters. The third kappa shape index (κ3) is 2.78. The zero-order valence-electron chi connectivity index (χ0n) is 9.88. The van der Waals surface area contributed by atoms with Crippen LogP contribution in [-0.2, 0) is 0 Å². The zero-order valence-corrected chi connectivity index (χ0v) is 9.88. The normalized spacial score (nSPS) is 9.21. The number of hydrogen-bond acceptors (Lipinski definition) is 6. The van der Waals surface area contributed by atoms with E-state index in [9.17, 15) is 0 Å². The minimum Gasteiger partial charge on any atom is -0.355 e. The largest absolute Gasteiger partial charge is 0.355 e. The Kier molecular flexibility index (Phi) is 3.58. The Hall–Kier alpha value is -3.09. The van der Waals surface area contributed by atoms with E-state index in [-0.39, 0.29) is 0 Å². The Bertz CT molecular complexity index is 680. The van der Waals surface area contributed by atoms with Gasteiger partial charge in [-0.25, -0.2) is 10.8 Å². The molecular formula is C13H10N6. The first kappa shape index (κ1) is 12.4. The van der Waals surface area contributed by atoms with Crippen molar-refractivity contribution in [1.29, 1.82) is 10.5 Å². The van der Waals surface area contributed by atoms with Crippen LogP contribution < -0.4 is 16.6 Å². The zero-order chi connectivity index (χ0) is 13.7. The van der Waals surface area contributed by atoms with Gasteiger partial charge >= 0.3 is 0 Å². The highest BCUT2D eigenvalue weighted by Crippen LogP contribution is 2.20. The Morgan fingerprint density at radius 3 is 2.42 bits per heavy atom. The molecule has 6 heteroatoms. The van der Waals surface area contributed by atoms with Gasteiger partial charge in [-0.05, 0) is 24.3 Å². The summed E-state index contributed by atoms with van der Waals surface area (Å²) in [6, 6.07) is 12.4. The molecule has 4 N–H and O–H groups in total. The van der Waals surface area contributed by atoms with Gasteiger partial charge in [0, 0.05) is 23.6 Å². The van der Waals surface area contributed by atoms with Crippen LogP contribution in [0, 0.1) is 22.7 Å². The minimum absolute atomic E-state index is 0.332. The Balaban J connectivity index is 2.29. The van der Waals surface area contributed by atoms with Crippen molar-refractivity contribution in [3.8, 4) is 12.1 Å². The third-order valence-corrected chi connectivity index (χ3v) is 2.46. The number of aromatic nitrogens is 1. The summed E-state index contributed by atoms with van der Waals surface area (Å²) in [5, 5.41) is 20.9. The van der Waals surface area contributed by atoms with E-state index in [0.29, 0.717) is 22.6 Å². The fourth-order valence-corrected chi connectivity index (χ4v) is 1.57. The molecule has 0 aliphatic heterocycles.